The second kappa shape index (κ2) is 6.37. The van der Waals surface area contributed by atoms with Crippen molar-refractivity contribution >= 4 is 11.9 Å². The van der Waals surface area contributed by atoms with E-state index in [1.807, 2.05) is 12.1 Å². The third kappa shape index (κ3) is 3.07. The maximum absolute atomic E-state index is 12.3. The Hall–Kier alpha value is -2.10. The van der Waals surface area contributed by atoms with Crippen LogP contribution in [-0.4, -0.2) is 23.0 Å². The van der Waals surface area contributed by atoms with Crippen LogP contribution >= 0.6 is 0 Å². The number of aliphatic carboxylic acids is 1. The van der Waals surface area contributed by atoms with Crippen LogP contribution in [0.2, 0.25) is 0 Å². The first-order chi connectivity index (χ1) is 9.63. The fourth-order valence-electron chi connectivity index (χ4n) is 2.61. The lowest BCUT2D eigenvalue weighted by Gasteiger charge is -2.15. The van der Waals surface area contributed by atoms with Gasteiger partial charge in [0.15, 0.2) is 0 Å². The van der Waals surface area contributed by atoms with Crippen LogP contribution in [0.25, 0.3) is 0 Å². The van der Waals surface area contributed by atoms with Crippen molar-refractivity contribution in [3.8, 4) is 0 Å². The molecule has 4 nitrogen and oxygen atoms in total. The highest BCUT2D eigenvalue weighted by molar-refractivity contribution is 5.98. The fourth-order valence-corrected chi connectivity index (χ4v) is 2.61. The van der Waals surface area contributed by atoms with Crippen molar-refractivity contribution in [2.75, 3.05) is 0 Å². The number of amides is 1. The molecule has 0 saturated heterocycles. The highest BCUT2D eigenvalue weighted by Crippen LogP contribution is 2.25. The number of carbonyl (C=O) groups excluding carboxylic acids is 1. The molecule has 0 heterocycles. The van der Waals surface area contributed by atoms with E-state index in [0.717, 1.165) is 24.8 Å². The Morgan fingerprint density at radius 2 is 2.20 bits per heavy atom. The van der Waals surface area contributed by atoms with E-state index >= 15 is 0 Å². The van der Waals surface area contributed by atoms with Gasteiger partial charge in [-0.3, -0.25) is 4.79 Å². The lowest BCUT2D eigenvalue weighted by Crippen LogP contribution is -2.41. The molecular weight excluding hydrogens is 254 g/mol. The topological polar surface area (TPSA) is 66.4 Å². The van der Waals surface area contributed by atoms with E-state index < -0.39 is 12.0 Å². The average molecular weight is 273 g/mol. The summed E-state index contributed by atoms with van der Waals surface area (Å²) >= 11 is 0. The molecule has 0 radical (unpaired) electrons. The number of carbonyl (C=O) groups is 2. The van der Waals surface area contributed by atoms with Crippen LogP contribution in [0.15, 0.2) is 30.9 Å². The van der Waals surface area contributed by atoms with E-state index in [0.29, 0.717) is 18.4 Å². The Balaban J connectivity index is 2.13. The third-order valence-electron chi connectivity index (χ3n) is 3.65. The van der Waals surface area contributed by atoms with Gasteiger partial charge in [0.2, 0.25) is 0 Å². The minimum Gasteiger partial charge on any atom is -0.480 e. The number of nitrogens with one attached hydrogen (secondary N) is 1. The van der Waals surface area contributed by atoms with E-state index in [1.54, 1.807) is 12.1 Å². The van der Waals surface area contributed by atoms with Crippen LogP contribution in [-0.2, 0) is 17.6 Å². The van der Waals surface area contributed by atoms with Crippen molar-refractivity contribution in [3.63, 3.8) is 0 Å². The van der Waals surface area contributed by atoms with E-state index in [2.05, 4.69) is 11.9 Å². The van der Waals surface area contributed by atoms with Gasteiger partial charge in [0.05, 0.1) is 0 Å². The molecule has 0 aliphatic heterocycles. The molecule has 106 valence electrons. The molecule has 1 aliphatic rings. The molecule has 2 N–H and O–H groups in total. The summed E-state index contributed by atoms with van der Waals surface area (Å²) in [5, 5.41) is 11.8. The highest BCUT2D eigenvalue weighted by atomic mass is 16.4. The van der Waals surface area contributed by atoms with Gasteiger partial charge < -0.3 is 10.4 Å². The molecule has 1 unspecified atom stereocenters. The predicted octanol–water partition coefficient (Wildman–Crippen LogP) is 2.32. The van der Waals surface area contributed by atoms with Gasteiger partial charge in [-0.2, -0.15) is 0 Å². The highest BCUT2D eigenvalue weighted by Gasteiger charge is 2.23. The largest absolute Gasteiger partial charge is 0.480 e. The number of aryl methyl sites for hydroxylation is 1. The summed E-state index contributed by atoms with van der Waals surface area (Å²) < 4.78 is 0. The van der Waals surface area contributed by atoms with Crippen molar-refractivity contribution in [2.24, 2.45) is 0 Å². The Morgan fingerprint density at radius 3 is 2.90 bits per heavy atom. The quantitative estimate of drug-likeness (QED) is 0.782. The summed E-state index contributed by atoms with van der Waals surface area (Å²) in [7, 11) is 0. The zero-order valence-electron chi connectivity index (χ0n) is 11.4. The van der Waals surface area contributed by atoms with Crippen molar-refractivity contribution in [2.45, 2.75) is 38.1 Å². The smallest absolute Gasteiger partial charge is 0.326 e. The molecular formula is C16H19NO3. The van der Waals surface area contributed by atoms with Gasteiger partial charge in [0.25, 0.3) is 5.91 Å². The molecule has 0 bridgehead atoms. The molecule has 2 rings (SSSR count). The number of allylic oxidation sites excluding steroid dienone is 1. The first kappa shape index (κ1) is 14.3. The minimum atomic E-state index is -1.01. The number of hydrogen-bond acceptors (Lipinski definition) is 2. The van der Waals surface area contributed by atoms with Crippen LogP contribution in [0, 0.1) is 0 Å². The Kier molecular flexibility index (Phi) is 4.56. The number of fused-ring (bicyclic) bond motifs is 1. The van der Waals surface area contributed by atoms with Crippen LogP contribution in [0.3, 0.4) is 0 Å². The predicted molar refractivity (Wildman–Crippen MR) is 76.8 cm³/mol. The van der Waals surface area contributed by atoms with Crippen LogP contribution < -0.4 is 5.32 Å². The molecule has 0 saturated carbocycles. The maximum atomic E-state index is 12.3. The van der Waals surface area contributed by atoms with E-state index in [9.17, 15) is 9.59 Å². The van der Waals surface area contributed by atoms with E-state index in [4.69, 9.17) is 5.11 Å². The number of rotatable bonds is 6. The standard InChI is InChI=1S/C16H19NO3/c1-2-3-10-14(16(19)20)17-15(18)13-9-5-7-11-6-4-8-12(11)13/h2,5,7,9,14H,1,3-4,6,8,10H2,(H,17,18)(H,19,20). The second-order valence-corrected chi connectivity index (χ2v) is 5.03. The van der Waals surface area contributed by atoms with Gasteiger partial charge in [-0.15, -0.1) is 6.58 Å². The first-order valence-electron chi connectivity index (χ1n) is 6.89. The van der Waals surface area contributed by atoms with Gasteiger partial charge >= 0.3 is 5.97 Å². The molecule has 0 aromatic heterocycles. The molecule has 1 atom stereocenters. The Labute approximate surface area is 118 Å². The summed E-state index contributed by atoms with van der Waals surface area (Å²) in [6.07, 6.45) is 5.52. The molecule has 1 amide bonds. The summed E-state index contributed by atoms with van der Waals surface area (Å²) in [6, 6.07) is 4.80. The van der Waals surface area contributed by atoms with Gasteiger partial charge in [0.1, 0.15) is 6.04 Å². The molecule has 1 aromatic rings. The van der Waals surface area contributed by atoms with Gasteiger partial charge in [-0.05, 0) is 49.3 Å². The summed E-state index contributed by atoms with van der Waals surface area (Å²) in [5.74, 6) is -1.30. The van der Waals surface area contributed by atoms with Crippen molar-refractivity contribution < 1.29 is 14.7 Å². The molecule has 20 heavy (non-hydrogen) atoms. The van der Waals surface area contributed by atoms with E-state index in [1.165, 1.54) is 5.56 Å². The lowest BCUT2D eigenvalue weighted by atomic mass is 10.0. The normalized spacial score (nSPS) is 14.4. The van der Waals surface area contributed by atoms with Crippen molar-refractivity contribution in [3.05, 3.63) is 47.5 Å². The average Bonchev–Trinajstić information content (AvgIpc) is 2.90. The third-order valence-corrected chi connectivity index (χ3v) is 3.65. The van der Waals surface area contributed by atoms with Crippen LogP contribution in [0.1, 0.15) is 40.7 Å². The zero-order valence-corrected chi connectivity index (χ0v) is 11.4. The number of hydrogen-bond donors (Lipinski definition) is 2. The Morgan fingerprint density at radius 1 is 1.40 bits per heavy atom. The lowest BCUT2D eigenvalue weighted by molar-refractivity contribution is -0.139. The monoisotopic (exact) mass is 273 g/mol. The molecule has 4 heteroatoms. The summed E-state index contributed by atoms with van der Waals surface area (Å²) in [6.45, 7) is 3.57. The van der Waals surface area contributed by atoms with Crippen LogP contribution in [0.5, 0.6) is 0 Å². The molecule has 0 spiro atoms. The SMILES string of the molecule is C=CCCC(NC(=O)c1cccc2c1CCC2)C(=O)O. The fraction of sp³-hybridized carbons (Fsp3) is 0.375. The number of carboxylic acids is 1. The minimum absolute atomic E-state index is 0.291. The summed E-state index contributed by atoms with van der Waals surface area (Å²) in [5.41, 5.74) is 2.89. The van der Waals surface area contributed by atoms with Crippen molar-refractivity contribution in [1.82, 2.24) is 5.32 Å². The molecule has 1 aromatic carbocycles. The molecule has 0 fully saturated rings. The van der Waals surface area contributed by atoms with Crippen molar-refractivity contribution in [1.29, 1.82) is 0 Å². The van der Waals surface area contributed by atoms with E-state index in [-0.39, 0.29) is 5.91 Å². The number of benzene rings is 1. The van der Waals surface area contributed by atoms with Gasteiger partial charge in [0, 0.05) is 5.56 Å². The van der Waals surface area contributed by atoms with Gasteiger partial charge in [-0.25, -0.2) is 4.79 Å². The number of carboxylic acid groups (broad SMARTS) is 1. The van der Waals surface area contributed by atoms with Crippen LogP contribution in [0.4, 0.5) is 0 Å². The Bertz CT molecular complexity index is 537. The second-order valence-electron chi connectivity index (χ2n) is 5.03. The zero-order chi connectivity index (χ0) is 14.5. The van der Waals surface area contributed by atoms with Gasteiger partial charge in [-0.1, -0.05) is 18.2 Å². The maximum Gasteiger partial charge on any atom is 0.326 e. The molecule has 1 aliphatic carbocycles. The summed E-state index contributed by atoms with van der Waals surface area (Å²) in [4.78, 5) is 23.4. The first-order valence-corrected chi connectivity index (χ1v) is 6.89.